The number of para-hydroxylation sites is 1. The van der Waals surface area contributed by atoms with Crippen molar-refractivity contribution in [3.8, 4) is 11.5 Å². The van der Waals surface area contributed by atoms with Crippen LogP contribution >= 0.6 is 0 Å². The standard InChI is InChI=1S/C14H12O4/c15-12(8-10-4-5-16-9-10)11-2-1-3-13-14(11)18-7-6-17-13/h1-5,9H,6-8H2. The van der Waals surface area contributed by atoms with Crippen LogP contribution in [-0.4, -0.2) is 19.0 Å². The molecule has 0 radical (unpaired) electrons. The van der Waals surface area contributed by atoms with Crippen LogP contribution in [0.15, 0.2) is 41.2 Å². The zero-order valence-electron chi connectivity index (χ0n) is 9.72. The summed E-state index contributed by atoms with van der Waals surface area (Å²) in [6.45, 7) is 0.995. The van der Waals surface area contributed by atoms with Crippen molar-refractivity contribution in [3.63, 3.8) is 0 Å². The van der Waals surface area contributed by atoms with E-state index in [2.05, 4.69) is 0 Å². The summed E-state index contributed by atoms with van der Waals surface area (Å²) in [5, 5.41) is 0. The SMILES string of the molecule is O=C(Cc1ccoc1)c1cccc2c1OCCO2. The lowest BCUT2D eigenvalue weighted by Gasteiger charge is -2.20. The maximum absolute atomic E-state index is 12.2. The van der Waals surface area contributed by atoms with Crippen molar-refractivity contribution < 1.29 is 18.7 Å². The van der Waals surface area contributed by atoms with Crippen molar-refractivity contribution in [2.24, 2.45) is 0 Å². The van der Waals surface area contributed by atoms with E-state index in [9.17, 15) is 4.79 Å². The van der Waals surface area contributed by atoms with E-state index in [4.69, 9.17) is 13.9 Å². The maximum atomic E-state index is 12.2. The maximum Gasteiger partial charge on any atom is 0.172 e. The molecule has 0 aliphatic carbocycles. The second-order valence-electron chi connectivity index (χ2n) is 4.06. The molecule has 4 nitrogen and oxygen atoms in total. The average molecular weight is 244 g/mol. The van der Waals surface area contributed by atoms with Gasteiger partial charge in [0, 0.05) is 6.42 Å². The second kappa shape index (κ2) is 4.56. The van der Waals surface area contributed by atoms with Crippen LogP contribution in [0.2, 0.25) is 0 Å². The Hall–Kier alpha value is -2.23. The largest absolute Gasteiger partial charge is 0.486 e. The Morgan fingerprint density at radius 1 is 1.17 bits per heavy atom. The molecule has 92 valence electrons. The number of ketones is 1. The van der Waals surface area contributed by atoms with Crippen LogP contribution in [0.5, 0.6) is 11.5 Å². The predicted molar refractivity (Wildman–Crippen MR) is 64.2 cm³/mol. The molecule has 0 saturated carbocycles. The number of hydrogen-bond donors (Lipinski definition) is 0. The van der Waals surface area contributed by atoms with E-state index in [-0.39, 0.29) is 5.78 Å². The Morgan fingerprint density at radius 2 is 2.06 bits per heavy atom. The van der Waals surface area contributed by atoms with Gasteiger partial charge in [0.05, 0.1) is 18.1 Å². The molecule has 1 aromatic heterocycles. The van der Waals surface area contributed by atoms with Crippen LogP contribution in [0.3, 0.4) is 0 Å². The van der Waals surface area contributed by atoms with Gasteiger partial charge in [-0.2, -0.15) is 0 Å². The molecule has 2 heterocycles. The first-order chi connectivity index (χ1) is 8.84. The van der Waals surface area contributed by atoms with Gasteiger partial charge in [-0.15, -0.1) is 0 Å². The number of furan rings is 1. The van der Waals surface area contributed by atoms with E-state index in [1.807, 2.05) is 6.07 Å². The van der Waals surface area contributed by atoms with Crippen LogP contribution in [0.4, 0.5) is 0 Å². The number of Topliss-reactive ketones (excluding diaryl/α,β-unsaturated/α-hetero) is 1. The van der Waals surface area contributed by atoms with Gasteiger partial charge in [-0.3, -0.25) is 4.79 Å². The molecule has 1 aliphatic heterocycles. The van der Waals surface area contributed by atoms with Crippen LogP contribution in [0.25, 0.3) is 0 Å². The zero-order valence-corrected chi connectivity index (χ0v) is 9.72. The smallest absolute Gasteiger partial charge is 0.172 e. The van der Waals surface area contributed by atoms with E-state index in [1.165, 1.54) is 0 Å². The number of benzene rings is 1. The molecule has 0 N–H and O–H groups in total. The van der Waals surface area contributed by atoms with E-state index >= 15 is 0 Å². The predicted octanol–water partition coefficient (Wildman–Crippen LogP) is 2.48. The topological polar surface area (TPSA) is 48.7 Å². The first kappa shape index (κ1) is 10.9. The van der Waals surface area contributed by atoms with Gasteiger partial charge >= 0.3 is 0 Å². The quantitative estimate of drug-likeness (QED) is 0.778. The molecule has 0 saturated heterocycles. The van der Waals surface area contributed by atoms with Gasteiger partial charge in [-0.05, 0) is 23.8 Å². The molecule has 2 aromatic rings. The number of fused-ring (bicyclic) bond motifs is 1. The Labute approximate surface area is 104 Å². The van der Waals surface area contributed by atoms with Gasteiger partial charge in [0.15, 0.2) is 17.3 Å². The molecular weight excluding hydrogens is 232 g/mol. The van der Waals surface area contributed by atoms with E-state index in [0.717, 1.165) is 5.56 Å². The number of hydrogen-bond acceptors (Lipinski definition) is 4. The summed E-state index contributed by atoms with van der Waals surface area (Å²) in [5.41, 5.74) is 1.42. The third kappa shape index (κ3) is 1.97. The van der Waals surface area contributed by atoms with Gasteiger partial charge in [0.1, 0.15) is 13.2 Å². The lowest BCUT2D eigenvalue weighted by atomic mass is 10.0. The minimum atomic E-state index is -0.00116. The summed E-state index contributed by atoms with van der Waals surface area (Å²) in [4.78, 5) is 12.2. The number of carbonyl (C=O) groups excluding carboxylic acids is 1. The van der Waals surface area contributed by atoms with Crippen LogP contribution in [0.1, 0.15) is 15.9 Å². The van der Waals surface area contributed by atoms with Gasteiger partial charge in [0.2, 0.25) is 0 Å². The van der Waals surface area contributed by atoms with E-state index in [0.29, 0.717) is 36.7 Å². The fourth-order valence-corrected chi connectivity index (χ4v) is 1.97. The zero-order chi connectivity index (χ0) is 12.4. The van der Waals surface area contributed by atoms with Crippen molar-refractivity contribution in [1.29, 1.82) is 0 Å². The average Bonchev–Trinajstić information content (AvgIpc) is 2.91. The monoisotopic (exact) mass is 244 g/mol. The van der Waals surface area contributed by atoms with Gasteiger partial charge in [-0.25, -0.2) is 0 Å². The molecule has 0 unspecified atom stereocenters. The highest BCUT2D eigenvalue weighted by atomic mass is 16.6. The van der Waals surface area contributed by atoms with Crippen LogP contribution in [0, 0.1) is 0 Å². The van der Waals surface area contributed by atoms with Gasteiger partial charge in [-0.1, -0.05) is 6.07 Å². The van der Waals surface area contributed by atoms with Crippen molar-refractivity contribution in [1.82, 2.24) is 0 Å². The Bertz CT molecular complexity index is 557. The lowest BCUT2D eigenvalue weighted by Crippen LogP contribution is -2.18. The summed E-state index contributed by atoms with van der Waals surface area (Å²) in [7, 11) is 0. The third-order valence-corrected chi connectivity index (χ3v) is 2.81. The highest BCUT2D eigenvalue weighted by Crippen LogP contribution is 2.34. The van der Waals surface area contributed by atoms with Crippen molar-refractivity contribution in [3.05, 3.63) is 47.9 Å². The molecule has 0 atom stereocenters. The van der Waals surface area contributed by atoms with Gasteiger partial charge in [0.25, 0.3) is 0 Å². The summed E-state index contributed by atoms with van der Waals surface area (Å²) in [6.07, 6.45) is 3.43. The van der Waals surface area contributed by atoms with Crippen molar-refractivity contribution in [2.75, 3.05) is 13.2 Å². The molecule has 18 heavy (non-hydrogen) atoms. The van der Waals surface area contributed by atoms with Crippen molar-refractivity contribution >= 4 is 5.78 Å². The highest BCUT2D eigenvalue weighted by Gasteiger charge is 2.20. The molecule has 4 heteroatoms. The molecule has 0 amide bonds. The Balaban J connectivity index is 1.89. The molecule has 0 fully saturated rings. The Kier molecular flexibility index (Phi) is 2.76. The number of ether oxygens (including phenoxy) is 2. The van der Waals surface area contributed by atoms with E-state index < -0.39 is 0 Å². The second-order valence-corrected chi connectivity index (χ2v) is 4.06. The first-order valence-corrected chi connectivity index (χ1v) is 5.77. The molecule has 1 aromatic carbocycles. The Morgan fingerprint density at radius 3 is 2.89 bits per heavy atom. The van der Waals surface area contributed by atoms with Crippen LogP contribution < -0.4 is 9.47 Å². The molecular formula is C14H12O4. The van der Waals surface area contributed by atoms with Crippen LogP contribution in [-0.2, 0) is 6.42 Å². The molecule has 0 bridgehead atoms. The minimum absolute atomic E-state index is 0.00116. The molecule has 3 rings (SSSR count). The molecule has 0 spiro atoms. The number of carbonyl (C=O) groups is 1. The summed E-state index contributed by atoms with van der Waals surface area (Å²) >= 11 is 0. The summed E-state index contributed by atoms with van der Waals surface area (Å²) in [6, 6.07) is 7.15. The normalized spacial score (nSPS) is 13.3. The summed E-state index contributed by atoms with van der Waals surface area (Å²) in [5.74, 6) is 1.19. The third-order valence-electron chi connectivity index (χ3n) is 2.81. The molecule has 1 aliphatic rings. The van der Waals surface area contributed by atoms with Crippen molar-refractivity contribution in [2.45, 2.75) is 6.42 Å². The fourth-order valence-electron chi connectivity index (χ4n) is 1.97. The van der Waals surface area contributed by atoms with Gasteiger partial charge < -0.3 is 13.9 Å². The number of rotatable bonds is 3. The lowest BCUT2D eigenvalue weighted by molar-refractivity contribution is 0.0981. The first-order valence-electron chi connectivity index (χ1n) is 5.77. The highest BCUT2D eigenvalue weighted by molar-refractivity contribution is 6.00. The minimum Gasteiger partial charge on any atom is -0.486 e. The van der Waals surface area contributed by atoms with E-state index in [1.54, 1.807) is 30.7 Å². The fraction of sp³-hybridized carbons (Fsp3) is 0.214. The summed E-state index contributed by atoms with van der Waals surface area (Å²) < 4.78 is 15.9.